The number of carbonyl (C=O) groups is 1. The highest BCUT2D eigenvalue weighted by Crippen LogP contribution is 2.39. The average molecular weight is 462 g/mol. The molecule has 4 aromatic rings. The van der Waals surface area contributed by atoms with Gasteiger partial charge in [-0.3, -0.25) is 14.3 Å². The van der Waals surface area contributed by atoms with Crippen molar-refractivity contribution < 1.29 is 27.8 Å². The molecule has 0 aliphatic heterocycles. The number of rotatable bonds is 6. The number of nitrogens with two attached hydrogens (primary N) is 1. The first-order chi connectivity index (χ1) is 15.2. The number of primary amides is 1. The van der Waals surface area contributed by atoms with Crippen molar-refractivity contribution in [1.82, 2.24) is 14.5 Å². The lowest BCUT2D eigenvalue weighted by molar-refractivity contribution is -0.138. The van der Waals surface area contributed by atoms with Gasteiger partial charge in [0, 0.05) is 11.6 Å². The molecule has 3 aromatic heterocycles. The van der Waals surface area contributed by atoms with Crippen molar-refractivity contribution >= 4 is 28.3 Å². The minimum Gasteiger partial charge on any atom is -0.484 e. The Hall–Kier alpha value is -3.44. The molecule has 0 radical (unpaired) electrons. The minimum atomic E-state index is -4.55. The summed E-state index contributed by atoms with van der Waals surface area (Å²) in [6, 6.07) is 8.27. The predicted molar refractivity (Wildman–Crippen MR) is 112 cm³/mol. The fourth-order valence-electron chi connectivity index (χ4n) is 3.32. The van der Waals surface area contributed by atoms with Crippen LogP contribution in [-0.2, 0) is 12.8 Å². The number of hydrogen-bond donors (Lipinski definition) is 2. The van der Waals surface area contributed by atoms with E-state index in [4.69, 9.17) is 10.5 Å². The zero-order valence-electron chi connectivity index (χ0n) is 16.6. The maximum Gasteiger partial charge on any atom is 0.416 e. The number of carbonyl (C=O) groups excluding carboxylic acids is 1. The van der Waals surface area contributed by atoms with Gasteiger partial charge in [0.05, 0.1) is 29.6 Å². The van der Waals surface area contributed by atoms with Crippen molar-refractivity contribution in [2.24, 2.45) is 5.73 Å². The summed E-state index contributed by atoms with van der Waals surface area (Å²) in [5, 5.41) is 9.87. The third kappa shape index (κ3) is 4.04. The van der Waals surface area contributed by atoms with Gasteiger partial charge in [0.15, 0.2) is 0 Å². The topological polar surface area (TPSA) is 103 Å². The molecule has 0 aliphatic rings. The van der Waals surface area contributed by atoms with E-state index in [2.05, 4.69) is 9.97 Å². The molecule has 4 rings (SSSR count). The van der Waals surface area contributed by atoms with Crippen LogP contribution < -0.4 is 10.5 Å². The van der Waals surface area contributed by atoms with E-state index in [0.29, 0.717) is 21.7 Å². The standard InChI is InChI=1S/C21H17F3N4O3S/c1-11(13-4-2-3-5-14(13)21(22,23)24)31-17-7-18(32-19(17)20(25)30)28-10-27-15-8-26-12(9-29)6-16(15)28/h2-8,10-11,29H,9H2,1H3,(H2,25,30). The number of amides is 1. The number of benzene rings is 1. The Morgan fingerprint density at radius 2 is 2.03 bits per heavy atom. The van der Waals surface area contributed by atoms with Gasteiger partial charge in [0.2, 0.25) is 0 Å². The van der Waals surface area contributed by atoms with E-state index >= 15 is 0 Å². The normalized spacial score (nSPS) is 12.8. The van der Waals surface area contributed by atoms with E-state index in [0.717, 1.165) is 17.4 Å². The molecule has 0 fully saturated rings. The van der Waals surface area contributed by atoms with Crippen molar-refractivity contribution in [3.8, 4) is 10.8 Å². The molecule has 0 aliphatic carbocycles. The van der Waals surface area contributed by atoms with Crippen LogP contribution in [0.3, 0.4) is 0 Å². The number of alkyl halides is 3. The van der Waals surface area contributed by atoms with Crippen LogP contribution in [0.1, 0.15) is 39.5 Å². The molecule has 0 spiro atoms. The number of pyridine rings is 1. The maximum atomic E-state index is 13.4. The van der Waals surface area contributed by atoms with Gasteiger partial charge in [-0.25, -0.2) is 4.98 Å². The number of aliphatic hydroxyl groups is 1. The van der Waals surface area contributed by atoms with Crippen molar-refractivity contribution in [2.75, 3.05) is 0 Å². The van der Waals surface area contributed by atoms with Crippen LogP contribution in [0.2, 0.25) is 0 Å². The largest absolute Gasteiger partial charge is 0.484 e. The molecule has 0 saturated carbocycles. The fourth-order valence-corrected chi connectivity index (χ4v) is 4.25. The number of imidazole rings is 1. The van der Waals surface area contributed by atoms with Crippen LogP contribution in [-0.4, -0.2) is 25.5 Å². The van der Waals surface area contributed by atoms with Crippen LogP contribution in [0.25, 0.3) is 16.0 Å². The number of aromatic nitrogens is 3. The SMILES string of the molecule is CC(Oc1cc(-n2cnc3cnc(CO)cc32)sc1C(N)=O)c1ccccc1C(F)(F)F. The molecule has 3 N–H and O–H groups in total. The number of hydrogen-bond acceptors (Lipinski definition) is 6. The summed E-state index contributed by atoms with van der Waals surface area (Å²) >= 11 is 1.02. The number of fused-ring (bicyclic) bond motifs is 1. The van der Waals surface area contributed by atoms with Gasteiger partial charge in [-0.2, -0.15) is 13.2 Å². The highest BCUT2D eigenvalue weighted by Gasteiger charge is 2.35. The zero-order valence-corrected chi connectivity index (χ0v) is 17.4. The summed E-state index contributed by atoms with van der Waals surface area (Å²) < 4.78 is 47.6. The van der Waals surface area contributed by atoms with Crippen LogP contribution >= 0.6 is 11.3 Å². The Morgan fingerprint density at radius 3 is 2.72 bits per heavy atom. The second-order valence-corrected chi connectivity index (χ2v) is 7.96. The van der Waals surface area contributed by atoms with Crippen LogP contribution in [0, 0.1) is 0 Å². The van der Waals surface area contributed by atoms with E-state index < -0.39 is 23.8 Å². The smallest absolute Gasteiger partial charge is 0.416 e. The first-order valence-corrected chi connectivity index (χ1v) is 10.2. The van der Waals surface area contributed by atoms with Crippen LogP contribution in [0.15, 0.2) is 48.9 Å². The Labute approximate surface area is 183 Å². The summed E-state index contributed by atoms with van der Waals surface area (Å²) in [6.45, 7) is 1.21. The van der Waals surface area contributed by atoms with Gasteiger partial charge in [-0.15, -0.1) is 11.3 Å². The molecule has 7 nitrogen and oxygen atoms in total. The number of halogens is 3. The molecule has 1 atom stereocenters. The van der Waals surface area contributed by atoms with Gasteiger partial charge in [-0.05, 0) is 19.1 Å². The molecule has 3 heterocycles. The molecule has 1 unspecified atom stereocenters. The molecule has 0 bridgehead atoms. The Morgan fingerprint density at radius 1 is 1.28 bits per heavy atom. The zero-order chi connectivity index (χ0) is 23.0. The first-order valence-electron chi connectivity index (χ1n) is 9.38. The number of aliphatic hydroxyl groups excluding tert-OH is 1. The monoisotopic (exact) mass is 462 g/mol. The second-order valence-electron chi connectivity index (χ2n) is 6.92. The summed E-state index contributed by atoms with van der Waals surface area (Å²) in [7, 11) is 0. The van der Waals surface area contributed by atoms with E-state index in [9.17, 15) is 23.1 Å². The Kier molecular flexibility index (Phi) is 5.61. The third-order valence-electron chi connectivity index (χ3n) is 4.81. The first kappa shape index (κ1) is 21.8. The minimum absolute atomic E-state index is 0.0603. The van der Waals surface area contributed by atoms with Crippen molar-refractivity contribution in [3.05, 3.63) is 70.6 Å². The molecular weight excluding hydrogens is 445 g/mol. The van der Waals surface area contributed by atoms with E-state index in [-0.39, 0.29) is 22.8 Å². The van der Waals surface area contributed by atoms with Crippen molar-refractivity contribution in [1.29, 1.82) is 0 Å². The van der Waals surface area contributed by atoms with Crippen molar-refractivity contribution in [3.63, 3.8) is 0 Å². The lowest BCUT2D eigenvalue weighted by Crippen LogP contribution is -2.15. The number of thiophene rings is 1. The van der Waals surface area contributed by atoms with E-state index in [1.54, 1.807) is 10.6 Å². The summed E-state index contributed by atoms with van der Waals surface area (Å²) in [4.78, 5) is 20.4. The molecule has 166 valence electrons. The highest BCUT2D eigenvalue weighted by atomic mass is 32.1. The summed E-state index contributed by atoms with van der Waals surface area (Å²) in [5.74, 6) is -0.699. The summed E-state index contributed by atoms with van der Waals surface area (Å²) in [5.41, 5.74) is 6.24. The average Bonchev–Trinajstić information content (AvgIpc) is 3.36. The molecule has 1 aromatic carbocycles. The second kappa shape index (κ2) is 8.24. The van der Waals surface area contributed by atoms with Gasteiger partial charge in [0.1, 0.15) is 33.6 Å². The number of nitrogens with zero attached hydrogens (tertiary/aromatic N) is 3. The lowest BCUT2D eigenvalue weighted by Gasteiger charge is -2.19. The Balaban J connectivity index is 1.74. The fraction of sp³-hybridized carbons (Fsp3) is 0.190. The summed E-state index contributed by atoms with van der Waals surface area (Å²) in [6.07, 6.45) is -2.53. The molecule has 1 amide bonds. The van der Waals surface area contributed by atoms with Crippen LogP contribution in [0.4, 0.5) is 13.2 Å². The van der Waals surface area contributed by atoms with Crippen molar-refractivity contribution in [2.45, 2.75) is 25.8 Å². The van der Waals surface area contributed by atoms with E-state index in [1.807, 2.05) is 0 Å². The molecular formula is C21H17F3N4O3S. The van der Waals surface area contributed by atoms with Gasteiger partial charge in [0.25, 0.3) is 5.91 Å². The highest BCUT2D eigenvalue weighted by molar-refractivity contribution is 7.16. The maximum absolute atomic E-state index is 13.4. The lowest BCUT2D eigenvalue weighted by atomic mass is 10.0. The number of ether oxygens (including phenoxy) is 1. The Bertz CT molecular complexity index is 1300. The van der Waals surface area contributed by atoms with Gasteiger partial charge >= 0.3 is 6.18 Å². The molecule has 11 heteroatoms. The third-order valence-corrected chi connectivity index (χ3v) is 5.94. The predicted octanol–water partition coefficient (Wildman–Crippen LogP) is 4.23. The molecule has 0 saturated heterocycles. The quantitative estimate of drug-likeness (QED) is 0.446. The van der Waals surface area contributed by atoms with E-state index in [1.165, 1.54) is 43.7 Å². The van der Waals surface area contributed by atoms with Crippen LogP contribution in [0.5, 0.6) is 5.75 Å². The molecule has 32 heavy (non-hydrogen) atoms. The van der Waals surface area contributed by atoms with Gasteiger partial charge in [-0.1, -0.05) is 18.2 Å². The van der Waals surface area contributed by atoms with Gasteiger partial charge < -0.3 is 15.6 Å².